The summed E-state index contributed by atoms with van der Waals surface area (Å²) in [5.74, 6) is -0.539. The first-order chi connectivity index (χ1) is 14.1. The fourth-order valence-corrected chi connectivity index (χ4v) is 2.87. The van der Waals surface area contributed by atoms with Crippen LogP contribution in [0.5, 0.6) is 0 Å². The first-order valence-corrected chi connectivity index (χ1v) is 10.8. The second kappa shape index (κ2) is 15.7. The number of unbranched alkanes of at least 4 members (excludes halogenated alkanes) is 5. The summed E-state index contributed by atoms with van der Waals surface area (Å²) in [5.41, 5.74) is 0.944. The molecule has 2 N–H and O–H groups in total. The van der Waals surface area contributed by atoms with Gasteiger partial charge in [0, 0.05) is 13.0 Å². The van der Waals surface area contributed by atoms with Crippen molar-refractivity contribution >= 4 is 18.0 Å². The van der Waals surface area contributed by atoms with Gasteiger partial charge in [-0.2, -0.15) is 0 Å². The maximum atomic E-state index is 12.2. The lowest BCUT2D eigenvalue weighted by Crippen LogP contribution is -2.26. The second-order valence-corrected chi connectivity index (χ2v) is 7.10. The van der Waals surface area contributed by atoms with Crippen molar-refractivity contribution in [3.8, 4) is 0 Å². The Morgan fingerprint density at radius 3 is 2.66 bits per heavy atom. The van der Waals surface area contributed by atoms with Crippen molar-refractivity contribution in [1.82, 2.24) is 10.3 Å². The molecule has 0 aromatic carbocycles. The lowest BCUT2D eigenvalue weighted by molar-refractivity contribution is -0.143. The van der Waals surface area contributed by atoms with E-state index in [4.69, 9.17) is 4.74 Å². The topological polar surface area (TPSA) is 88.5 Å². The number of carbonyl (C=O) groups excluding carboxylic acids is 2. The molecule has 0 radical (unpaired) electrons. The van der Waals surface area contributed by atoms with E-state index in [0.717, 1.165) is 19.3 Å². The molecule has 6 heteroatoms. The quantitative estimate of drug-likeness (QED) is 0.336. The van der Waals surface area contributed by atoms with Gasteiger partial charge in [0.1, 0.15) is 5.69 Å². The number of amides is 1. The van der Waals surface area contributed by atoms with Crippen molar-refractivity contribution in [2.24, 2.45) is 0 Å². The van der Waals surface area contributed by atoms with E-state index >= 15 is 0 Å². The predicted molar refractivity (Wildman–Crippen MR) is 115 cm³/mol. The number of aliphatic hydroxyl groups is 1. The number of hydrogen-bond donors (Lipinski definition) is 2. The standard InChI is InChI=1S/C23H36N2O4/c1-3-5-6-7-8-9-13-20(26)17-16-19-12-10-14-21(25-19)23(28)24-18-11-15-22(27)29-4-2/h10,12,14,16-17,20,26H,3-9,11,13,15,18H2,1-2H3,(H,24,28)/b17-16+. The van der Waals surface area contributed by atoms with E-state index in [1.54, 1.807) is 37.3 Å². The van der Waals surface area contributed by atoms with Crippen molar-refractivity contribution in [3.63, 3.8) is 0 Å². The number of nitrogens with one attached hydrogen (secondary N) is 1. The molecular formula is C23H36N2O4. The Bertz CT molecular complexity index is 631. The summed E-state index contributed by atoms with van der Waals surface area (Å²) in [6, 6.07) is 5.20. The molecule has 0 spiro atoms. The molecule has 1 unspecified atom stereocenters. The van der Waals surface area contributed by atoms with Crippen LogP contribution in [0.4, 0.5) is 0 Å². The Balaban J connectivity index is 2.36. The van der Waals surface area contributed by atoms with Crippen molar-refractivity contribution in [2.45, 2.75) is 77.7 Å². The molecular weight excluding hydrogens is 368 g/mol. The van der Waals surface area contributed by atoms with E-state index in [-0.39, 0.29) is 18.3 Å². The number of rotatable bonds is 15. The minimum atomic E-state index is -0.497. The molecule has 1 heterocycles. The fraction of sp³-hybridized carbons (Fsp3) is 0.609. The maximum absolute atomic E-state index is 12.2. The normalized spacial score (nSPS) is 12.1. The number of nitrogens with zero attached hydrogens (tertiary/aromatic N) is 1. The van der Waals surface area contributed by atoms with Crippen LogP contribution in [0, 0.1) is 0 Å². The lowest BCUT2D eigenvalue weighted by Gasteiger charge is -2.06. The Hall–Kier alpha value is -2.21. The largest absolute Gasteiger partial charge is 0.466 e. The Labute approximate surface area is 174 Å². The first-order valence-electron chi connectivity index (χ1n) is 10.8. The first kappa shape index (κ1) is 24.8. The average Bonchev–Trinajstić information content (AvgIpc) is 2.72. The Kier molecular flexibility index (Phi) is 13.4. The molecule has 0 fully saturated rings. The van der Waals surface area contributed by atoms with Gasteiger partial charge in [-0.05, 0) is 38.0 Å². The molecule has 1 atom stereocenters. The molecule has 1 aromatic heterocycles. The molecule has 0 aliphatic rings. The van der Waals surface area contributed by atoms with Crippen molar-refractivity contribution in [1.29, 1.82) is 0 Å². The van der Waals surface area contributed by atoms with Crippen LogP contribution < -0.4 is 5.32 Å². The predicted octanol–water partition coefficient (Wildman–Crippen LogP) is 4.28. The molecule has 1 amide bonds. The zero-order valence-electron chi connectivity index (χ0n) is 17.9. The van der Waals surface area contributed by atoms with E-state index in [9.17, 15) is 14.7 Å². The van der Waals surface area contributed by atoms with E-state index in [1.165, 1.54) is 25.7 Å². The van der Waals surface area contributed by atoms with Crippen LogP contribution >= 0.6 is 0 Å². The molecule has 0 aliphatic heterocycles. The smallest absolute Gasteiger partial charge is 0.305 e. The van der Waals surface area contributed by atoms with Gasteiger partial charge in [0.2, 0.25) is 0 Å². The second-order valence-electron chi connectivity index (χ2n) is 7.10. The minimum Gasteiger partial charge on any atom is -0.466 e. The van der Waals surface area contributed by atoms with Crippen molar-refractivity contribution < 1.29 is 19.4 Å². The van der Waals surface area contributed by atoms with Crippen LogP contribution in [0.1, 0.15) is 87.8 Å². The SMILES string of the molecule is CCCCCCCCC(O)/C=C/c1cccc(C(=O)NCCCC(=O)OCC)n1. The third kappa shape index (κ3) is 12.1. The molecule has 29 heavy (non-hydrogen) atoms. The molecule has 0 bridgehead atoms. The number of pyridine rings is 1. The summed E-state index contributed by atoms with van der Waals surface area (Å²) in [6.45, 7) is 4.72. The van der Waals surface area contributed by atoms with E-state index < -0.39 is 6.10 Å². The minimum absolute atomic E-state index is 0.258. The van der Waals surface area contributed by atoms with Gasteiger partial charge in [-0.3, -0.25) is 9.59 Å². The van der Waals surface area contributed by atoms with Gasteiger partial charge in [-0.25, -0.2) is 4.98 Å². The summed E-state index contributed by atoms with van der Waals surface area (Å²) < 4.78 is 4.85. The average molecular weight is 405 g/mol. The van der Waals surface area contributed by atoms with Crippen LogP contribution in [0.3, 0.4) is 0 Å². The summed E-state index contributed by atoms with van der Waals surface area (Å²) >= 11 is 0. The van der Waals surface area contributed by atoms with Gasteiger partial charge < -0.3 is 15.2 Å². The van der Waals surface area contributed by atoms with Crippen molar-refractivity contribution in [2.75, 3.05) is 13.2 Å². The molecule has 0 aliphatic carbocycles. The highest BCUT2D eigenvalue weighted by Crippen LogP contribution is 2.10. The lowest BCUT2D eigenvalue weighted by atomic mass is 10.1. The van der Waals surface area contributed by atoms with E-state index in [0.29, 0.717) is 31.0 Å². The van der Waals surface area contributed by atoms with Gasteiger partial charge >= 0.3 is 5.97 Å². The van der Waals surface area contributed by atoms with Crippen LogP contribution in [-0.4, -0.2) is 41.2 Å². The number of carbonyl (C=O) groups is 2. The summed E-state index contributed by atoms with van der Waals surface area (Å²) in [7, 11) is 0. The molecule has 1 aromatic rings. The van der Waals surface area contributed by atoms with E-state index in [1.807, 2.05) is 0 Å². The van der Waals surface area contributed by atoms with Crippen LogP contribution in [-0.2, 0) is 9.53 Å². The number of aliphatic hydroxyl groups excluding tert-OH is 1. The van der Waals surface area contributed by atoms with Gasteiger partial charge in [0.05, 0.1) is 18.4 Å². The highest BCUT2D eigenvalue weighted by molar-refractivity contribution is 5.92. The van der Waals surface area contributed by atoms with Gasteiger partial charge in [0.15, 0.2) is 0 Å². The number of hydrogen-bond acceptors (Lipinski definition) is 5. The van der Waals surface area contributed by atoms with Crippen LogP contribution in [0.25, 0.3) is 6.08 Å². The molecule has 0 saturated carbocycles. The third-order valence-electron chi connectivity index (χ3n) is 4.49. The Morgan fingerprint density at radius 2 is 1.90 bits per heavy atom. The summed E-state index contributed by atoms with van der Waals surface area (Å²) in [6.07, 6.45) is 11.7. The van der Waals surface area contributed by atoms with Gasteiger partial charge in [-0.15, -0.1) is 0 Å². The number of aromatic nitrogens is 1. The summed E-state index contributed by atoms with van der Waals surface area (Å²) in [5, 5.41) is 12.8. The number of ether oxygens (including phenoxy) is 1. The van der Waals surface area contributed by atoms with Crippen LogP contribution in [0.2, 0.25) is 0 Å². The summed E-state index contributed by atoms with van der Waals surface area (Å²) in [4.78, 5) is 27.8. The highest BCUT2D eigenvalue weighted by atomic mass is 16.5. The highest BCUT2D eigenvalue weighted by Gasteiger charge is 2.08. The van der Waals surface area contributed by atoms with Gasteiger partial charge in [0.25, 0.3) is 5.91 Å². The van der Waals surface area contributed by atoms with Gasteiger partial charge in [-0.1, -0.05) is 57.6 Å². The number of esters is 1. The Morgan fingerprint density at radius 1 is 1.14 bits per heavy atom. The van der Waals surface area contributed by atoms with Crippen LogP contribution in [0.15, 0.2) is 24.3 Å². The monoisotopic (exact) mass is 404 g/mol. The molecule has 6 nitrogen and oxygen atoms in total. The molecule has 0 saturated heterocycles. The maximum Gasteiger partial charge on any atom is 0.305 e. The third-order valence-corrected chi connectivity index (χ3v) is 4.49. The molecule has 162 valence electrons. The van der Waals surface area contributed by atoms with Crippen molar-refractivity contribution in [3.05, 3.63) is 35.7 Å². The molecule has 1 rings (SSSR count). The zero-order chi connectivity index (χ0) is 21.3. The zero-order valence-corrected chi connectivity index (χ0v) is 17.9. The fourth-order valence-electron chi connectivity index (χ4n) is 2.87. The van der Waals surface area contributed by atoms with E-state index in [2.05, 4.69) is 17.2 Å².